The molecule has 1 atom stereocenters. The number of Topliss-reactive ketones (excluding diaryl/α,β-unsaturated/α-hetero) is 1. The highest BCUT2D eigenvalue weighted by molar-refractivity contribution is 6.03. The molecule has 7 heteroatoms. The molecular formula is C18H12FN3O3. The Hall–Kier alpha value is -3.53. The molecule has 2 aromatic carbocycles. The number of hydrogen-bond acceptors (Lipinski definition) is 5. The SMILES string of the molecule is CC(=O)Nc1cc(C(=O)[C@@H](C#N)c2nc3ccccc3o2)ccc1F. The molecule has 1 heterocycles. The smallest absolute Gasteiger partial charge is 0.221 e. The summed E-state index contributed by atoms with van der Waals surface area (Å²) in [7, 11) is 0. The Bertz CT molecular complexity index is 987. The lowest BCUT2D eigenvalue weighted by molar-refractivity contribution is -0.114. The first-order chi connectivity index (χ1) is 12.0. The Morgan fingerprint density at radius 3 is 2.72 bits per heavy atom. The third kappa shape index (κ3) is 3.23. The summed E-state index contributed by atoms with van der Waals surface area (Å²) in [5, 5.41) is 11.7. The monoisotopic (exact) mass is 337 g/mol. The van der Waals surface area contributed by atoms with E-state index in [2.05, 4.69) is 10.3 Å². The standard InChI is InChI=1S/C18H12FN3O3/c1-10(23)21-15-8-11(6-7-13(15)19)17(24)12(9-20)18-22-14-4-2-3-5-16(14)25-18/h2-8,12H,1H3,(H,21,23)/t12-/m1/s1. The van der Waals surface area contributed by atoms with E-state index in [4.69, 9.17) is 4.42 Å². The van der Waals surface area contributed by atoms with Crippen LogP contribution in [0, 0.1) is 17.1 Å². The lowest BCUT2D eigenvalue weighted by Crippen LogP contribution is -2.13. The van der Waals surface area contributed by atoms with Crippen LogP contribution in [-0.4, -0.2) is 16.7 Å². The van der Waals surface area contributed by atoms with E-state index in [0.29, 0.717) is 11.1 Å². The van der Waals surface area contributed by atoms with Crippen molar-refractivity contribution < 1.29 is 18.4 Å². The quantitative estimate of drug-likeness (QED) is 0.736. The topological polar surface area (TPSA) is 96.0 Å². The number of aromatic nitrogens is 1. The summed E-state index contributed by atoms with van der Waals surface area (Å²) in [4.78, 5) is 27.9. The molecule has 3 aromatic rings. The number of halogens is 1. The average Bonchev–Trinajstić information content (AvgIpc) is 3.00. The van der Waals surface area contributed by atoms with Crippen LogP contribution in [0.15, 0.2) is 46.9 Å². The van der Waals surface area contributed by atoms with Gasteiger partial charge in [0.1, 0.15) is 11.3 Å². The van der Waals surface area contributed by atoms with Crippen molar-refractivity contribution >= 4 is 28.5 Å². The van der Waals surface area contributed by atoms with Crippen LogP contribution in [0.1, 0.15) is 29.1 Å². The molecule has 0 aliphatic heterocycles. The van der Waals surface area contributed by atoms with Crippen molar-refractivity contribution in [3.05, 3.63) is 59.7 Å². The van der Waals surface area contributed by atoms with Gasteiger partial charge in [-0.05, 0) is 30.3 Å². The van der Waals surface area contributed by atoms with Gasteiger partial charge in [-0.1, -0.05) is 12.1 Å². The van der Waals surface area contributed by atoms with Crippen molar-refractivity contribution in [3.8, 4) is 6.07 Å². The van der Waals surface area contributed by atoms with E-state index in [-0.39, 0.29) is 17.1 Å². The van der Waals surface area contributed by atoms with Gasteiger partial charge >= 0.3 is 0 Å². The predicted molar refractivity (Wildman–Crippen MR) is 87.4 cm³/mol. The Kier molecular flexibility index (Phi) is 4.27. The Morgan fingerprint density at radius 1 is 1.28 bits per heavy atom. The number of hydrogen-bond donors (Lipinski definition) is 1. The Morgan fingerprint density at radius 2 is 2.04 bits per heavy atom. The lowest BCUT2D eigenvalue weighted by Gasteiger charge is -2.08. The second kappa shape index (κ2) is 6.53. The van der Waals surface area contributed by atoms with Gasteiger partial charge in [-0.25, -0.2) is 9.37 Å². The summed E-state index contributed by atoms with van der Waals surface area (Å²) in [5.74, 6) is -3.05. The van der Waals surface area contributed by atoms with Gasteiger partial charge < -0.3 is 9.73 Å². The van der Waals surface area contributed by atoms with Crippen LogP contribution in [0.3, 0.4) is 0 Å². The number of carbonyl (C=O) groups excluding carboxylic acids is 2. The summed E-state index contributed by atoms with van der Waals surface area (Å²) in [5.41, 5.74) is 0.929. The van der Waals surface area contributed by atoms with Gasteiger partial charge in [-0.2, -0.15) is 5.26 Å². The Balaban J connectivity index is 1.97. The van der Waals surface area contributed by atoms with E-state index in [1.165, 1.54) is 19.1 Å². The van der Waals surface area contributed by atoms with Crippen molar-refractivity contribution in [1.82, 2.24) is 4.98 Å². The first-order valence-corrected chi connectivity index (χ1v) is 7.36. The van der Waals surface area contributed by atoms with Crippen molar-refractivity contribution in [1.29, 1.82) is 5.26 Å². The van der Waals surface area contributed by atoms with E-state index in [1.807, 2.05) is 6.07 Å². The summed E-state index contributed by atoms with van der Waals surface area (Å²) in [6, 6.07) is 12.2. The van der Waals surface area contributed by atoms with Crippen molar-refractivity contribution in [2.24, 2.45) is 0 Å². The summed E-state index contributed by atoms with van der Waals surface area (Å²) in [6.07, 6.45) is 0. The van der Waals surface area contributed by atoms with Crippen molar-refractivity contribution in [3.63, 3.8) is 0 Å². The maximum atomic E-state index is 13.7. The molecule has 124 valence electrons. The molecule has 0 unspecified atom stereocenters. The lowest BCUT2D eigenvalue weighted by atomic mass is 9.98. The average molecular weight is 337 g/mol. The summed E-state index contributed by atoms with van der Waals surface area (Å²) < 4.78 is 19.2. The minimum Gasteiger partial charge on any atom is -0.439 e. The molecule has 25 heavy (non-hydrogen) atoms. The van der Waals surface area contributed by atoms with Gasteiger partial charge in [-0.15, -0.1) is 0 Å². The molecule has 0 spiro atoms. The minimum atomic E-state index is -1.27. The molecule has 0 saturated carbocycles. The van der Waals surface area contributed by atoms with E-state index >= 15 is 0 Å². The predicted octanol–water partition coefficient (Wildman–Crippen LogP) is 3.42. The number of carbonyl (C=O) groups is 2. The minimum absolute atomic E-state index is 0.0286. The number of anilines is 1. The van der Waals surface area contributed by atoms with Crippen LogP contribution in [0.25, 0.3) is 11.1 Å². The number of ketones is 1. The molecule has 0 fully saturated rings. The Labute approximate surface area is 141 Å². The van der Waals surface area contributed by atoms with E-state index in [0.717, 1.165) is 6.07 Å². The van der Waals surface area contributed by atoms with Gasteiger partial charge in [0.2, 0.25) is 11.8 Å². The van der Waals surface area contributed by atoms with Crippen LogP contribution in [0.4, 0.5) is 10.1 Å². The fourth-order valence-electron chi connectivity index (χ4n) is 2.37. The number of rotatable bonds is 4. The zero-order valence-electron chi connectivity index (χ0n) is 13.1. The number of oxazole rings is 1. The molecule has 0 aliphatic rings. The zero-order valence-corrected chi connectivity index (χ0v) is 13.1. The number of amides is 1. The fourth-order valence-corrected chi connectivity index (χ4v) is 2.37. The van der Waals surface area contributed by atoms with E-state index in [9.17, 15) is 19.2 Å². The molecule has 1 amide bonds. The number of nitrogens with zero attached hydrogens (tertiary/aromatic N) is 2. The zero-order chi connectivity index (χ0) is 18.0. The molecule has 0 aliphatic carbocycles. The number of nitrogens with one attached hydrogen (secondary N) is 1. The van der Waals surface area contributed by atoms with E-state index in [1.54, 1.807) is 24.3 Å². The van der Waals surface area contributed by atoms with Gasteiger partial charge in [0.25, 0.3) is 0 Å². The second-order valence-corrected chi connectivity index (χ2v) is 5.32. The molecule has 0 radical (unpaired) electrons. The molecule has 0 saturated heterocycles. The van der Waals surface area contributed by atoms with Crippen LogP contribution in [-0.2, 0) is 4.79 Å². The highest BCUT2D eigenvalue weighted by Gasteiger charge is 2.27. The van der Waals surface area contributed by atoms with Crippen LogP contribution < -0.4 is 5.32 Å². The third-order valence-corrected chi connectivity index (χ3v) is 3.51. The molecule has 0 bridgehead atoms. The van der Waals surface area contributed by atoms with Crippen molar-refractivity contribution in [2.45, 2.75) is 12.8 Å². The normalized spacial score (nSPS) is 11.7. The van der Waals surface area contributed by atoms with Crippen LogP contribution in [0.5, 0.6) is 0 Å². The number of fused-ring (bicyclic) bond motifs is 1. The highest BCUT2D eigenvalue weighted by atomic mass is 19.1. The van der Waals surface area contributed by atoms with Crippen LogP contribution in [0.2, 0.25) is 0 Å². The van der Waals surface area contributed by atoms with E-state index < -0.39 is 23.4 Å². The maximum absolute atomic E-state index is 13.7. The number of nitriles is 1. The third-order valence-electron chi connectivity index (χ3n) is 3.51. The largest absolute Gasteiger partial charge is 0.439 e. The van der Waals surface area contributed by atoms with Gasteiger partial charge in [0.05, 0.1) is 11.8 Å². The number of benzene rings is 2. The van der Waals surface area contributed by atoms with Crippen LogP contribution >= 0.6 is 0 Å². The number of para-hydroxylation sites is 2. The van der Waals surface area contributed by atoms with Gasteiger partial charge in [0, 0.05) is 12.5 Å². The first-order valence-electron chi connectivity index (χ1n) is 7.36. The van der Waals surface area contributed by atoms with Gasteiger partial charge in [-0.3, -0.25) is 9.59 Å². The summed E-state index contributed by atoms with van der Waals surface area (Å²) in [6.45, 7) is 1.23. The highest BCUT2D eigenvalue weighted by Crippen LogP contribution is 2.26. The van der Waals surface area contributed by atoms with Gasteiger partial charge in [0.15, 0.2) is 17.3 Å². The second-order valence-electron chi connectivity index (χ2n) is 5.32. The van der Waals surface area contributed by atoms with Crippen molar-refractivity contribution in [2.75, 3.05) is 5.32 Å². The molecule has 3 rings (SSSR count). The molecule has 1 aromatic heterocycles. The maximum Gasteiger partial charge on any atom is 0.221 e. The fraction of sp³-hybridized carbons (Fsp3) is 0.111. The molecular weight excluding hydrogens is 325 g/mol. The summed E-state index contributed by atoms with van der Waals surface area (Å²) >= 11 is 0. The molecule has 6 nitrogen and oxygen atoms in total. The first kappa shape index (κ1) is 16.3. The molecule has 1 N–H and O–H groups in total.